The number of carbonyl (C=O) groups excluding carboxylic acids is 1. The van der Waals surface area contributed by atoms with E-state index in [2.05, 4.69) is 21.2 Å². The molecule has 1 fully saturated rings. The van der Waals surface area contributed by atoms with E-state index in [9.17, 15) is 4.79 Å². The fourth-order valence-corrected chi connectivity index (χ4v) is 3.30. The summed E-state index contributed by atoms with van der Waals surface area (Å²) in [6.07, 6.45) is 0. The van der Waals surface area contributed by atoms with Crippen LogP contribution in [0.3, 0.4) is 0 Å². The predicted octanol–water partition coefficient (Wildman–Crippen LogP) is 3.41. The molecule has 1 aliphatic heterocycles. The molecule has 1 aliphatic rings. The Morgan fingerprint density at radius 3 is 2.44 bits per heavy atom. The number of carbonyl (C=O) groups is 1. The van der Waals surface area contributed by atoms with Crippen molar-refractivity contribution in [1.29, 1.82) is 0 Å². The van der Waals surface area contributed by atoms with Crippen molar-refractivity contribution in [3.8, 4) is 0 Å². The zero-order chi connectivity index (χ0) is 17.6. The molecule has 0 aromatic heterocycles. The normalized spacial score (nSPS) is 15.2. The van der Waals surface area contributed by atoms with Crippen molar-refractivity contribution in [1.82, 2.24) is 10.2 Å². The Balaban J connectivity index is 1.53. The van der Waals surface area contributed by atoms with Gasteiger partial charge in [-0.05, 0) is 42.8 Å². The van der Waals surface area contributed by atoms with Crippen molar-refractivity contribution in [2.75, 3.05) is 37.6 Å². The molecule has 0 radical (unpaired) electrons. The lowest BCUT2D eigenvalue weighted by atomic mass is 10.1. The summed E-state index contributed by atoms with van der Waals surface area (Å²) in [6.45, 7) is 7.52. The summed E-state index contributed by atoms with van der Waals surface area (Å²) in [6, 6.07) is 16.0. The average molecular weight is 358 g/mol. The number of nitrogens with one attached hydrogen (secondary N) is 1. The number of halogens is 1. The number of piperazine rings is 1. The summed E-state index contributed by atoms with van der Waals surface area (Å²) in [5.74, 6) is -0.0100. The summed E-state index contributed by atoms with van der Waals surface area (Å²) in [5.41, 5.74) is 3.15. The Morgan fingerprint density at radius 1 is 1.08 bits per heavy atom. The quantitative estimate of drug-likeness (QED) is 0.890. The van der Waals surface area contributed by atoms with E-state index in [4.69, 9.17) is 11.6 Å². The van der Waals surface area contributed by atoms with E-state index in [-0.39, 0.29) is 5.91 Å². The van der Waals surface area contributed by atoms with Crippen LogP contribution in [0.4, 0.5) is 5.69 Å². The van der Waals surface area contributed by atoms with E-state index >= 15 is 0 Å². The zero-order valence-electron chi connectivity index (χ0n) is 14.5. The molecule has 3 rings (SSSR count). The van der Waals surface area contributed by atoms with E-state index in [1.54, 1.807) is 0 Å². The van der Waals surface area contributed by atoms with Crippen LogP contribution < -0.4 is 10.2 Å². The van der Waals surface area contributed by atoms with Crippen LogP contribution in [0, 0.1) is 0 Å². The Kier molecular flexibility index (Phi) is 5.95. The summed E-state index contributed by atoms with van der Waals surface area (Å²) >= 11 is 6.09. The van der Waals surface area contributed by atoms with Gasteiger partial charge in [0.1, 0.15) is 0 Å². The Hall–Kier alpha value is -2.04. The lowest BCUT2D eigenvalue weighted by molar-refractivity contribution is 0.0956. The van der Waals surface area contributed by atoms with Gasteiger partial charge in [0, 0.05) is 55.5 Å². The van der Waals surface area contributed by atoms with Crippen LogP contribution in [0.15, 0.2) is 48.5 Å². The largest absolute Gasteiger partial charge is 0.369 e. The summed E-state index contributed by atoms with van der Waals surface area (Å²) in [5, 5.41) is 3.61. The molecule has 4 nitrogen and oxygen atoms in total. The van der Waals surface area contributed by atoms with Gasteiger partial charge in [0.25, 0.3) is 5.91 Å². The molecule has 1 amide bonds. The summed E-state index contributed by atoms with van der Waals surface area (Å²) in [4.78, 5) is 16.6. The number of anilines is 1. The van der Waals surface area contributed by atoms with Gasteiger partial charge in [-0.3, -0.25) is 9.69 Å². The minimum Gasteiger partial charge on any atom is -0.369 e. The van der Waals surface area contributed by atoms with Crippen molar-refractivity contribution in [3.63, 3.8) is 0 Å². The van der Waals surface area contributed by atoms with Gasteiger partial charge in [0.2, 0.25) is 0 Å². The van der Waals surface area contributed by atoms with Crippen LogP contribution in [0.5, 0.6) is 0 Å². The van der Waals surface area contributed by atoms with Crippen molar-refractivity contribution < 1.29 is 4.79 Å². The van der Waals surface area contributed by atoms with Crippen LogP contribution in [0.25, 0.3) is 0 Å². The van der Waals surface area contributed by atoms with Gasteiger partial charge >= 0.3 is 0 Å². The highest BCUT2D eigenvalue weighted by Gasteiger charge is 2.17. The van der Waals surface area contributed by atoms with Crippen molar-refractivity contribution >= 4 is 23.2 Å². The predicted molar refractivity (Wildman–Crippen MR) is 103 cm³/mol. The molecule has 0 saturated carbocycles. The van der Waals surface area contributed by atoms with E-state index in [1.165, 1.54) is 11.3 Å². The first-order valence-electron chi connectivity index (χ1n) is 8.75. The first kappa shape index (κ1) is 17.8. The number of hydrogen-bond acceptors (Lipinski definition) is 3. The van der Waals surface area contributed by atoms with Crippen LogP contribution >= 0.6 is 11.6 Å². The third kappa shape index (κ3) is 4.74. The standard InChI is InChI=1S/C20H24ClN3O/c1-2-22-20(25)17-8-6-16(7-9-17)15-23-10-12-24(13-11-23)19-5-3-4-18(21)14-19/h3-9,14H,2,10-13,15H2,1H3,(H,22,25). The molecular weight excluding hydrogens is 334 g/mol. The molecule has 0 unspecified atom stereocenters. The lowest BCUT2D eigenvalue weighted by Crippen LogP contribution is -2.45. The first-order valence-corrected chi connectivity index (χ1v) is 9.13. The molecule has 0 bridgehead atoms. The van der Waals surface area contributed by atoms with Crippen LogP contribution in [0.1, 0.15) is 22.8 Å². The number of nitrogens with zero attached hydrogens (tertiary/aromatic N) is 2. The van der Waals surface area contributed by atoms with Gasteiger partial charge in [-0.25, -0.2) is 0 Å². The fraction of sp³-hybridized carbons (Fsp3) is 0.350. The Bertz CT molecular complexity index is 709. The second kappa shape index (κ2) is 8.37. The molecule has 0 spiro atoms. The van der Waals surface area contributed by atoms with Crippen molar-refractivity contribution in [2.45, 2.75) is 13.5 Å². The number of hydrogen-bond donors (Lipinski definition) is 1. The highest BCUT2D eigenvalue weighted by molar-refractivity contribution is 6.30. The Labute approximate surface area is 154 Å². The maximum absolute atomic E-state index is 11.8. The molecule has 2 aromatic rings. The van der Waals surface area contributed by atoms with Crippen molar-refractivity contribution in [3.05, 3.63) is 64.7 Å². The minimum atomic E-state index is -0.0100. The number of amides is 1. The lowest BCUT2D eigenvalue weighted by Gasteiger charge is -2.36. The van der Waals surface area contributed by atoms with Gasteiger partial charge in [0.05, 0.1) is 0 Å². The topological polar surface area (TPSA) is 35.6 Å². The summed E-state index contributed by atoms with van der Waals surface area (Å²) in [7, 11) is 0. The minimum absolute atomic E-state index is 0.0100. The van der Waals surface area contributed by atoms with Gasteiger partial charge < -0.3 is 10.2 Å². The number of rotatable bonds is 5. The second-order valence-electron chi connectivity index (χ2n) is 6.30. The molecule has 1 N–H and O–H groups in total. The van der Waals surface area contributed by atoms with E-state index in [0.717, 1.165) is 43.3 Å². The third-order valence-corrected chi connectivity index (χ3v) is 4.74. The molecule has 0 aliphatic carbocycles. The van der Waals surface area contributed by atoms with E-state index in [0.29, 0.717) is 6.54 Å². The molecule has 1 saturated heterocycles. The third-order valence-electron chi connectivity index (χ3n) is 4.51. The van der Waals surface area contributed by atoms with E-state index < -0.39 is 0 Å². The molecular formula is C20H24ClN3O. The smallest absolute Gasteiger partial charge is 0.251 e. The number of benzene rings is 2. The van der Waals surface area contributed by atoms with Gasteiger partial charge in [-0.2, -0.15) is 0 Å². The fourth-order valence-electron chi connectivity index (χ4n) is 3.12. The average Bonchev–Trinajstić information content (AvgIpc) is 2.63. The van der Waals surface area contributed by atoms with Gasteiger partial charge in [0.15, 0.2) is 0 Å². The van der Waals surface area contributed by atoms with Gasteiger partial charge in [-0.1, -0.05) is 29.8 Å². The highest BCUT2D eigenvalue weighted by Crippen LogP contribution is 2.21. The van der Waals surface area contributed by atoms with Crippen LogP contribution in [-0.2, 0) is 6.54 Å². The maximum Gasteiger partial charge on any atom is 0.251 e. The van der Waals surface area contributed by atoms with Crippen LogP contribution in [-0.4, -0.2) is 43.5 Å². The molecule has 132 valence electrons. The SMILES string of the molecule is CCNC(=O)c1ccc(CN2CCN(c3cccc(Cl)c3)CC2)cc1. The second-order valence-corrected chi connectivity index (χ2v) is 6.74. The van der Waals surface area contributed by atoms with E-state index in [1.807, 2.05) is 49.4 Å². The molecule has 5 heteroatoms. The monoisotopic (exact) mass is 357 g/mol. The molecule has 2 aromatic carbocycles. The van der Waals surface area contributed by atoms with Gasteiger partial charge in [-0.15, -0.1) is 0 Å². The first-order chi connectivity index (χ1) is 12.2. The molecule has 1 heterocycles. The highest BCUT2D eigenvalue weighted by atomic mass is 35.5. The molecule has 25 heavy (non-hydrogen) atoms. The zero-order valence-corrected chi connectivity index (χ0v) is 15.3. The maximum atomic E-state index is 11.8. The Morgan fingerprint density at radius 2 is 1.80 bits per heavy atom. The molecule has 0 atom stereocenters. The van der Waals surface area contributed by atoms with Crippen molar-refractivity contribution in [2.24, 2.45) is 0 Å². The summed E-state index contributed by atoms with van der Waals surface area (Å²) < 4.78 is 0. The van der Waals surface area contributed by atoms with Crippen LogP contribution in [0.2, 0.25) is 5.02 Å².